The molecule has 0 bridgehead atoms. The molecular weight excluding hydrogens is 256 g/mol. The highest BCUT2D eigenvalue weighted by atomic mass is 32.1. The number of hydrogen-bond donors (Lipinski definition) is 2. The minimum Gasteiger partial charge on any atom is -0.355 e. The number of nitrogens with one attached hydrogen (secondary N) is 1. The number of amides is 1. The molecule has 0 spiro atoms. The highest BCUT2D eigenvalue weighted by molar-refractivity contribution is 7.80. The minimum atomic E-state index is 0.0828. The fraction of sp³-hybridized carbons (Fsp3) is 0.533. The van der Waals surface area contributed by atoms with Crippen LogP contribution in [0.1, 0.15) is 25.8 Å². The van der Waals surface area contributed by atoms with Gasteiger partial charge in [-0.2, -0.15) is 0 Å². The summed E-state index contributed by atoms with van der Waals surface area (Å²) in [5.41, 5.74) is 1.02. The normalized spacial score (nSPS) is 10.7. The van der Waals surface area contributed by atoms with E-state index in [1.165, 1.54) is 0 Å². The Morgan fingerprint density at radius 2 is 1.89 bits per heavy atom. The summed E-state index contributed by atoms with van der Waals surface area (Å²) >= 11 is 4.23. The first-order valence-corrected chi connectivity index (χ1v) is 7.37. The summed E-state index contributed by atoms with van der Waals surface area (Å²) in [6, 6.07) is 7.70. The van der Waals surface area contributed by atoms with Crippen molar-refractivity contribution < 1.29 is 4.79 Å². The van der Waals surface area contributed by atoms with Crippen molar-refractivity contribution in [3.63, 3.8) is 0 Å². The van der Waals surface area contributed by atoms with Gasteiger partial charge in [-0.1, -0.05) is 26.0 Å². The van der Waals surface area contributed by atoms with Gasteiger partial charge in [0.2, 0.25) is 5.91 Å². The molecule has 1 aromatic carbocycles. The molecule has 0 aliphatic rings. The Hall–Kier alpha value is -1.00. The third-order valence-electron chi connectivity index (χ3n) is 3.04. The van der Waals surface area contributed by atoms with Crippen LogP contribution >= 0.6 is 12.6 Å². The molecule has 19 heavy (non-hydrogen) atoms. The third-order valence-corrected chi connectivity index (χ3v) is 3.34. The SMILES string of the molecule is CCCN(CC)CCNC(=O)Cc1ccc(S)cc1. The number of hydrogen-bond acceptors (Lipinski definition) is 3. The summed E-state index contributed by atoms with van der Waals surface area (Å²) in [6.45, 7) is 8.09. The van der Waals surface area contributed by atoms with E-state index in [4.69, 9.17) is 0 Å². The fourth-order valence-corrected chi connectivity index (χ4v) is 2.11. The molecule has 1 N–H and O–H groups in total. The van der Waals surface area contributed by atoms with Crippen LogP contribution in [0.4, 0.5) is 0 Å². The number of nitrogens with zero attached hydrogens (tertiary/aromatic N) is 1. The number of likely N-dealkylation sites (N-methyl/N-ethyl adjacent to an activating group) is 1. The summed E-state index contributed by atoms with van der Waals surface area (Å²) in [5.74, 6) is 0.0828. The number of rotatable bonds is 8. The van der Waals surface area contributed by atoms with E-state index in [9.17, 15) is 4.79 Å². The van der Waals surface area contributed by atoms with Crippen molar-refractivity contribution in [1.82, 2.24) is 10.2 Å². The molecule has 0 aromatic heterocycles. The van der Waals surface area contributed by atoms with Crippen LogP contribution in [-0.4, -0.2) is 37.0 Å². The molecule has 0 heterocycles. The lowest BCUT2D eigenvalue weighted by atomic mass is 10.1. The standard InChI is InChI=1S/C15H24N2OS/c1-3-10-17(4-2)11-9-16-15(18)12-13-5-7-14(19)8-6-13/h5-8,19H,3-4,9-12H2,1-2H3,(H,16,18). The third kappa shape index (κ3) is 6.64. The second-order valence-corrected chi connectivity index (χ2v) is 5.14. The van der Waals surface area contributed by atoms with Gasteiger partial charge in [0.1, 0.15) is 0 Å². The quantitative estimate of drug-likeness (QED) is 0.717. The Morgan fingerprint density at radius 3 is 2.47 bits per heavy atom. The number of carbonyl (C=O) groups excluding carboxylic acids is 1. The lowest BCUT2D eigenvalue weighted by Crippen LogP contribution is -2.35. The number of carbonyl (C=O) groups is 1. The van der Waals surface area contributed by atoms with Gasteiger partial charge in [-0.05, 0) is 37.2 Å². The van der Waals surface area contributed by atoms with Crippen molar-refractivity contribution in [3.8, 4) is 0 Å². The van der Waals surface area contributed by atoms with Gasteiger partial charge < -0.3 is 10.2 Å². The zero-order valence-corrected chi connectivity index (χ0v) is 12.7. The molecule has 1 aromatic rings. The van der Waals surface area contributed by atoms with Crippen LogP contribution in [0.3, 0.4) is 0 Å². The summed E-state index contributed by atoms with van der Waals surface area (Å²) < 4.78 is 0. The molecular formula is C15H24N2OS. The van der Waals surface area contributed by atoms with Crippen molar-refractivity contribution in [2.24, 2.45) is 0 Å². The predicted octanol–water partition coefficient (Wildman–Crippen LogP) is 2.37. The van der Waals surface area contributed by atoms with Crippen molar-refractivity contribution >= 4 is 18.5 Å². The van der Waals surface area contributed by atoms with E-state index >= 15 is 0 Å². The predicted molar refractivity (Wildman–Crippen MR) is 82.8 cm³/mol. The Kier molecular flexibility index (Phi) is 7.60. The average Bonchev–Trinajstić information content (AvgIpc) is 2.40. The van der Waals surface area contributed by atoms with Gasteiger partial charge in [0.25, 0.3) is 0 Å². The smallest absolute Gasteiger partial charge is 0.224 e. The first kappa shape index (κ1) is 16.1. The summed E-state index contributed by atoms with van der Waals surface area (Å²) in [5, 5.41) is 2.97. The molecule has 4 heteroatoms. The number of thiol groups is 1. The van der Waals surface area contributed by atoms with Crippen LogP contribution < -0.4 is 5.32 Å². The Labute approximate surface area is 121 Å². The molecule has 0 aliphatic carbocycles. The maximum Gasteiger partial charge on any atom is 0.224 e. The summed E-state index contributed by atoms with van der Waals surface area (Å²) in [6.07, 6.45) is 1.59. The van der Waals surface area contributed by atoms with Gasteiger partial charge in [-0.3, -0.25) is 4.79 Å². The fourth-order valence-electron chi connectivity index (χ4n) is 1.96. The van der Waals surface area contributed by atoms with E-state index in [1.54, 1.807) is 0 Å². The minimum absolute atomic E-state index is 0.0828. The Bertz CT molecular complexity index is 378. The monoisotopic (exact) mass is 280 g/mol. The van der Waals surface area contributed by atoms with E-state index in [0.717, 1.165) is 43.1 Å². The highest BCUT2D eigenvalue weighted by Crippen LogP contribution is 2.08. The zero-order chi connectivity index (χ0) is 14.1. The molecule has 1 rings (SSSR count). The van der Waals surface area contributed by atoms with E-state index < -0.39 is 0 Å². The van der Waals surface area contributed by atoms with Gasteiger partial charge in [-0.25, -0.2) is 0 Å². The molecule has 106 valence electrons. The summed E-state index contributed by atoms with van der Waals surface area (Å²) in [4.78, 5) is 15.0. The van der Waals surface area contributed by atoms with Crippen molar-refractivity contribution in [1.29, 1.82) is 0 Å². The lowest BCUT2D eigenvalue weighted by Gasteiger charge is -2.19. The second-order valence-electron chi connectivity index (χ2n) is 4.63. The van der Waals surface area contributed by atoms with E-state index in [0.29, 0.717) is 6.42 Å². The molecule has 0 fully saturated rings. The van der Waals surface area contributed by atoms with Crippen molar-refractivity contribution in [2.45, 2.75) is 31.6 Å². The first-order chi connectivity index (χ1) is 9.15. The second kappa shape index (κ2) is 8.99. The van der Waals surface area contributed by atoms with Gasteiger partial charge in [0.15, 0.2) is 0 Å². The van der Waals surface area contributed by atoms with Crippen LogP contribution in [0.2, 0.25) is 0 Å². The van der Waals surface area contributed by atoms with Crippen LogP contribution in [0.25, 0.3) is 0 Å². The van der Waals surface area contributed by atoms with Crippen LogP contribution in [0.5, 0.6) is 0 Å². The van der Waals surface area contributed by atoms with Crippen LogP contribution in [0.15, 0.2) is 29.2 Å². The van der Waals surface area contributed by atoms with Crippen LogP contribution in [0, 0.1) is 0 Å². The summed E-state index contributed by atoms with van der Waals surface area (Å²) in [7, 11) is 0. The zero-order valence-electron chi connectivity index (χ0n) is 11.9. The maximum atomic E-state index is 11.8. The molecule has 0 saturated carbocycles. The van der Waals surface area contributed by atoms with E-state index in [-0.39, 0.29) is 5.91 Å². The first-order valence-electron chi connectivity index (χ1n) is 6.92. The van der Waals surface area contributed by atoms with E-state index in [2.05, 4.69) is 36.7 Å². The van der Waals surface area contributed by atoms with Gasteiger partial charge in [-0.15, -0.1) is 12.6 Å². The molecule has 0 radical (unpaired) electrons. The van der Waals surface area contributed by atoms with Crippen molar-refractivity contribution in [3.05, 3.63) is 29.8 Å². The maximum absolute atomic E-state index is 11.8. The van der Waals surface area contributed by atoms with Gasteiger partial charge in [0, 0.05) is 18.0 Å². The molecule has 0 atom stereocenters. The molecule has 0 aliphatic heterocycles. The number of benzene rings is 1. The van der Waals surface area contributed by atoms with Crippen LogP contribution in [-0.2, 0) is 11.2 Å². The molecule has 0 saturated heterocycles. The average molecular weight is 280 g/mol. The van der Waals surface area contributed by atoms with Gasteiger partial charge in [0.05, 0.1) is 6.42 Å². The highest BCUT2D eigenvalue weighted by Gasteiger charge is 2.04. The van der Waals surface area contributed by atoms with Gasteiger partial charge >= 0.3 is 0 Å². The Morgan fingerprint density at radius 1 is 1.21 bits per heavy atom. The molecule has 1 amide bonds. The van der Waals surface area contributed by atoms with E-state index in [1.807, 2.05) is 24.3 Å². The lowest BCUT2D eigenvalue weighted by molar-refractivity contribution is -0.120. The van der Waals surface area contributed by atoms with Crippen molar-refractivity contribution in [2.75, 3.05) is 26.2 Å². The largest absolute Gasteiger partial charge is 0.355 e. The molecule has 3 nitrogen and oxygen atoms in total. The Balaban J connectivity index is 2.26. The topological polar surface area (TPSA) is 32.3 Å². The molecule has 0 unspecified atom stereocenters.